The topological polar surface area (TPSA) is 26.0 Å². The maximum atomic E-state index is 5.92. The van der Waals surface area contributed by atoms with Crippen molar-refractivity contribution in [3.8, 4) is 0 Å². The summed E-state index contributed by atoms with van der Waals surface area (Å²) in [5, 5.41) is 0. The van der Waals surface area contributed by atoms with Crippen molar-refractivity contribution in [3.05, 3.63) is 35.4 Å². The zero-order valence-electron chi connectivity index (χ0n) is 8.53. The van der Waals surface area contributed by atoms with Crippen LogP contribution in [0.1, 0.15) is 24.1 Å². The summed E-state index contributed by atoms with van der Waals surface area (Å²) in [5.74, 6) is 0. The van der Waals surface area contributed by atoms with E-state index in [0.717, 1.165) is 3.77 Å². The van der Waals surface area contributed by atoms with Crippen molar-refractivity contribution in [3.63, 3.8) is 0 Å². The summed E-state index contributed by atoms with van der Waals surface area (Å²) in [6.07, 6.45) is 1.20. The summed E-state index contributed by atoms with van der Waals surface area (Å²) in [6.45, 7) is 2.05. The Bertz CT molecular complexity index is 276. The summed E-state index contributed by atoms with van der Waals surface area (Å²) in [6, 6.07) is 8.68. The molecule has 1 unspecified atom stereocenters. The molecule has 2 radical (unpaired) electrons. The molecule has 0 fully saturated rings. The minimum absolute atomic E-state index is 0.160. The molecule has 76 valence electrons. The molecule has 2 N–H and O–H groups in total. The van der Waals surface area contributed by atoms with Crippen molar-refractivity contribution in [1.29, 1.82) is 0 Å². The van der Waals surface area contributed by atoms with Crippen molar-refractivity contribution in [2.75, 3.05) is 3.77 Å². The molecule has 1 rings (SSSR count). The van der Waals surface area contributed by atoms with E-state index in [1.165, 1.54) is 22.0 Å². The molecule has 14 heavy (non-hydrogen) atoms. The fraction of sp³-hybridized carbons (Fsp3) is 0.455. The third-order valence-electron chi connectivity index (χ3n) is 2.23. The number of thiol groups is 1. The summed E-state index contributed by atoms with van der Waals surface area (Å²) in [4.78, 5) is 0. The van der Waals surface area contributed by atoms with Crippen molar-refractivity contribution in [2.24, 2.45) is 5.73 Å². The average Bonchev–Trinajstić information content (AvgIpc) is 2.19. The van der Waals surface area contributed by atoms with E-state index in [-0.39, 0.29) is 27.2 Å². The van der Waals surface area contributed by atoms with Gasteiger partial charge in [0.25, 0.3) is 0 Å². The van der Waals surface area contributed by atoms with Gasteiger partial charge in [-0.15, -0.1) is 0 Å². The Morgan fingerprint density at radius 2 is 2.14 bits per heavy atom. The van der Waals surface area contributed by atoms with Crippen molar-refractivity contribution in [1.82, 2.24) is 0 Å². The summed E-state index contributed by atoms with van der Waals surface area (Å²) < 4.78 is 2.51. The molecule has 0 aliphatic carbocycles. The van der Waals surface area contributed by atoms with Crippen LogP contribution in [0.5, 0.6) is 0 Å². The second kappa shape index (κ2) is 6.75. The maximum absolute atomic E-state index is 5.92. The number of nitrogens with two attached hydrogens (primary N) is 1. The Hall–Kier alpha value is 0.329. The van der Waals surface area contributed by atoms with E-state index in [1.54, 1.807) is 0 Å². The Morgan fingerprint density at radius 1 is 1.43 bits per heavy atom. The number of hydrogen-bond donors (Lipinski definition) is 2. The predicted molar refractivity (Wildman–Crippen MR) is 67.2 cm³/mol. The van der Waals surface area contributed by atoms with Crippen molar-refractivity contribution in [2.45, 2.75) is 23.8 Å². The quantitative estimate of drug-likeness (QED) is 0.487. The first-order chi connectivity index (χ1) is 6.75. The van der Waals surface area contributed by atoms with Gasteiger partial charge in [0.1, 0.15) is 0 Å². The van der Waals surface area contributed by atoms with Gasteiger partial charge in [-0.2, -0.15) is 0 Å². The van der Waals surface area contributed by atoms with E-state index < -0.39 is 0 Å². The zero-order chi connectivity index (χ0) is 10.4. The SMILES string of the molecule is CC(N)c1ccccc1C[CH2][Sn][CH2]S. The molecular weight excluding hydrogens is 297 g/mol. The molecule has 0 amide bonds. The van der Waals surface area contributed by atoms with Gasteiger partial charge < -0.3 is 0 Å². The van der Waals surface area contributed by atoms with E-state index in [4.69, 9.17) is 5.73 Å². The van der Waals surface area contributed by atoms with Gasteiger partial charge in [0.15, 0.2) is 0 Å². The fourth-order valence-corrected chi connectivity index (χ4v) is 4.29. The van der Waals surface area contributed by atoms with E-state index in [1.807, 2.05) is 0 Å². The first-order valence-corrected chi connectivity index (χ1v) is 9.57. The molecule has 0 aliphatic heterocycles. The Morgan fingerprint density at radius 3 is 2.79 bits per heavy atom. The molecule has 1 atom stereocenters. The number of benzene rings is 1. The molecule has 1 aromatic rings. The van der Waals surface area contributed by atoms with Crippen LogP contribution in [0.4, 0.5) is 0 Å². The van der Waals surface area contributed by atoms with Crippen LogP contribution in [0.25, 0.3) is 0 Å². The van der Waals surface area contributed by atoms with Crippen LogP contribution >= 0.6 is 12.6 Å². The van der Waals surface area contributed by atoms with Crippen LogP contribution in [0.2, 0.25) is 4.44 Å². The third-order valence-corrected chi connectivity index (χ3v) is 6.09. The molecule has 0 saturated carbocycles. The molecule has 0 aromatic heterocycles. The Balaban J connectivity index is 2.64. The van der Waals surface area contributed by atoms with Crippen molar-refractivity contribution >= 4 is 33.8 Å². The molecular formula is C11H17NSSn. The second-order valence-corrected chi connectivity index (χ2v) is 9.27. The number of hydrogen-bond acceptors (Lipinski definition) is 2. The number of rotatable bonds is 5. The van der Waals surface area contributed by atoms with Crippen LogP contribution in [0, 0.1) is 0 Å². The van der Waals surface area contributed by atoms with Gasteiger partial charge >= 0.3 is 102 Å². The molecule has 0 aliphatic rings. The molecule has 0 heterocycles. The molecule has 0 spiro atoms. The van der Waals surface area contributed by atoms with Crippen LogP contribution in [-0.2, 0) is 6.42 Å². The van der Waals surface area contributed by atoms with Gasteiger partial charge in [0.05, 0.1) is 0 Å². The zero-order valence-corrected chi connectivity index (χ0v) is 12.3. The molecule has 0 saturated heterocycles. The predicted octanol–water partition coefficient (Wildman–Crippen LogP) is 2.26. The van der Waals surface area contributed by atoms with E-state index in [2.05, 4.69) is 43.8 Å². The summed E-state index contributed by atoms with van der Waals surface area (Å²) >= 11 is 4.10. The van der Waals surface area contributed by atoms with Crippen molar-refractivity contribution < 1.29 is 0 Å². The van der Waals surface area contributed by atoms with E-state index in [0.29, 0.717) is 0 Å². The monoisotopic (exact) mass is 315 g/mol. The third kappa shape index (κ3) is 3.83. The first kappa shape index (κ1) is 12.4. The van der Waals surface area contributed by atoms with Gasteiger partial charge in [0.2, 0.25) is 0 Å². The molecule has 3 heteroatoms. The van der Waals surface area contributed by atoms with Gasteiger partial charge in [-0.1, -0.05) is 0 Å². The normalized spacial score (nSPS) is 12.8. The van der Waals surface area contributed by atoms with Crippen LogP contribution in [0.3, 0.4) is 0 Å². The van der Waals surface area contributed by atoms with Crippen LogP contribution < -0.4 is 5.73 Å². The minimum atomic E-state index is -0.189. The molecule has 1 aromatic carbocycles. The summed E-state index contributed by atoms with van der Waals surface area (Å²) in [7, 11) is 0. The molecule has 1 nitrogen and oxygen atoms in total. The standard InChI is InChI=1S/C10H14N.CH3S.Sn/c1-3-9-6-4-5-7-10(9)8(2)11;1-2;/h4-8H,1,3,11H2,2H3;2H,1H2;. The van der Waals surface area contributed by atoms with Crippen LogP contribution in [-0.4, -0.2) is 24.9 Å². The van der Waals surface area contributed by atoms with E-state index >= 15 is 0 Å². The van der Waals surface area contributed by atoms with E-state index in [9.17, 15) is 0 Å². The molecule has 0 bridgehead atoms. The van der Waals surface area contributed by atoms with Gasteiger partial charge in [-0.05, 0) is 0 Å². The summed E-state index contributed by atoms with van der Waals surface area (Å²) in [5.41, 5.74) is 8.66. The fourth-order valence-electron chi connectivity index (χ4n) is 1.51. The van der Waals surface area contributed by atoms with Gasteiger partial charge in [0, 0.05) is 0 Å². The second-order valence-electron chi connectivity index (χ2n) is 3.40. The Kier molecular flexibility index (Phi) is 5.97. The van der Waals surface area contributed by atoms with Gasteiger partial charge in [-0.3, -0.25) is 0 Å². The first-order valence-electron chi connectivity index (χ1n) is 4.90. The Labute approximate surface area is 102 Å². The van der Waals surface area contributed by atoms with Gasteiger partial charge in [-0.25, -0.2) is 0 Å². The number of aryl methyl sites for hydroxylation is 1. The van der Waals surface area contributed by atoms with Crippen LogP contribution in [0.15, 0.2) is 24.3 Å². The average molecular weight is 314 g/mol.